The van der Waals surface area contributed by atoms with Crippen LogP contribution in [0.15, 0.2) is 0 Å². The zero-order valence-electron chi connectivity index (χ0n) is 9.48. The first-order chi connectivity index (χ1) is 7.92. The molecule has 2 fully saturated rings. The van der Waals surface area contributed by atoms with E-state index in [1.165, 1.54) is 12.8 Å². The zero-order valence-corrected chi connectivity index (χ0v) is 9.48. The van der Waals surface area contributed by atoms with Crippen molar-refractivity contribution in [3.05, 3.63) is 11.6 Å². The highest BCUT2D eigenvalue weighted by molar-refractivity contribution is 5.05. The summed E-state index contributed by atoms with van der Waals surface area (Å²) in [7, 11) is 0. The fourth-order valence-electron chi connectivity index (χ4n) is 2.03. The molecule has 0 spiro atoms. The first kappa shape index (κ1) is 10.2. The summed E-state index contributed by atoms with van der Waals surface area (Å²) in [6.45, 7) is 4.88. The maximum absolute atomic E-state index is 5.32. The van der Waals surface area contributed by atoms with E-state index in [0.717, 1.165) is 50.9 Å². The maximum atomic E-state index is 5.32. The quantitative estimate of drug-likeness (QED) is 0.808. The Morgan fingerprint density at radius 3 is 2.88 bits per heavy atom. The molecular weight excluding hydrogens is 204 g/mol. The molecular formula is C11H18N4O. The molecule has 1 saturated heterocycles. The third kappa shape index (κ3) is 2.41. The van der Waals surface area contributed by atoms with Crippen LogP contribution in [0, 0.1) is 0 Å². The number of aromatic nitrogens is 3. The van der Waals surface area contributed by atoms with Crippen LogP contribution in [0.25, 0.3) is 0 Å². The molecule has 5 nitrogen and oxygen atoms in total. The number of H-pyrrole nitrogens is 1. The van der Waals surface area contributed by atoms with Crippen LogP contribution >= 0.6 is 0 Å². The number of nitrogens with zero attached hydrogens (tertiary/aromatic N) is 3. The number of ether oxygens (including phenoxy) is 1. The number of hydrogen-bond donors (Lipinski definition) is 1. The van der Waals surface area contributed by atoms with E-state index in [2.05, 4.69) is 20.1 Å². The second-order valence-corrected chi connectivity index (χ2v) is 4.62. The van der Waals surface area contributed by atoms with Gasteiger partial charge in [-0.1, -0.05) is 0 Å². The molecule has 0 atom stereocenters. The third-order valence-corrected chi connectivity index (χ3v) is 3.26. The molecule has 2 aliphatic rings. The first-order valence-corrected chi connectivity index (χ1v) is 6.13. The summed E-state index contributed by atoms with van der Waals surface area (Å²) < 4.78 is 5.32. The third-order valence-electron chi connectivity index (χ3n) is 3.26. The Labute approximate surface area is 95.2 Å². The van der Waals surface area contributed by atoms with Crippen molar-refractivity contribution in [2.75, 3.05) is 32.8 Å². The zero-order chi connectivity index (χ0) is 10.8. The summed E-state index contributed by atoms with van der Waals surface area (Å²) in [4.78, 5) is 6.95. The van der Waals surface area contributed by atoms with Crippen LogP contribution in [0.5, 0.6) is 0 Å². The van der Waals surface area contributed by atoms with Gasteiger partial charge in [0, 0.05) is 32.0 Å². The Morgan fingerprint density at radius 1 is 1.31 bits per heavy atom. The molecule has 0 radical (unpaired) electrons. The molecule has 0 bridgehead atoms. The monoisotopic (exact) mass is 222 g/mol. The Balaban J connectivity index is 1.49. The van der Waals surface area contributed by atoms with Crippen LogP contribution in [-0.4, -0.2) is 52.9 Å². The fraction of sp³-hybridized carbons (Fsp3) is 0.818. The number of hydrogen-bond acceptors (Lipinski definition) is 4. The second kappa shape index (κ2) is 4.51. The minimum Gasteiger partial charge on any atom is -0.379 e. The van der Waals surface area contributed by atoms with Crippen LogP contribution in [0.3, 0.4) is 0 Å². The van der Waals surface area contributed by atoms with E-state index in [1.54, 1.807) is 0 Å². The molecule has 88 valence electrons. The number of rotatable bonds is 4. The number of nitrogens with one attached hydrogen (secondary N) is 1. The van der Waals surface area contributed by atoms with Gasteiger partial charge in [-0.15, -0.1) is 0 Å². The Kier molecular flexibility index (Phi) is 2.88. The van der Waals surface area contributed by atoms with Crippen LogP contribution in [0.1, 0.15) is 30.4 Å². The highest BCUT2D eigenvalue weighted by Crippen LogP contribution is 2.37. The van der Waals surface area contributed by atoms with Crippen LogP contribution in [0.4, 0.5) is 0 Å². The van der Waals surface area contributed by atoms with E-state index < -0.39 is 0 Å². The Bertz CT molecular complexity index is 342. The standard InChI is InChI=1S/C11H18N4O/c1-2-9(1)11-12-10(13-14-11)3-4-15-5-7-16-8-6-15/h9H,1-8H2,(H,12,13,14). The van der Waals surface area contributed by atoms with Gasteiger partial charge in [0.1, 0.15) is 5.82 Å². The summed E-state index contributed by atoms with van der Waals surface area (Å²) in [5, 5.41) is 7.31. The van der Waals surface area contributed by atoms with Crippen LogP contribution in [-0.2, 0) is 11.2 Å². The molecule has 5 heteroatoms. The van der Waals surface area contributed by atoms with Crippen molar-refractivity contribution in [1.29, 1.82) is 0 Å². The fourth-order valence-corrected chi connectivity index (χ4v) is 2.03. The van der Waals surface area contributed by atoms with E-state index in [9.17, 15) is 0 Å². The van der Waals surface area contributed by atoms with Gasteiger partial charge < -0.3 is 4.74 Å². The van der Waals surface area contributed by atoms with Gasteiger partial charge >= 0.3 is 0 Å². The molecule has 1 saturated carbocycles. The summed E-state index contributed by atoms with van der Waals surface area (Å²) in [5.41, 5.74) is 0. The number of aromatic amines is 1. The first-order valence-electron chi connectivity index (χ1n) is 6.13. The van der Waals surface area contributed by atoms with Gasteiger partial charge in [0.25, 0.3) is 0 Å². The SMILES string of the molecule is C1CN(CCc2nc(C3CC3)n[nH]2)CCO1. The van der Waals surface area contributed by atoms with Crippen molar-refractivity contribution in [1.82, 2.24) is 20.1 Å². The minimum absolute atomic E-state index is 0.647. The Morgan fingerprint density at radius 2 is 2.12 bits per heavy atom. The molecule has 3 rings (SSSR count). The molecule has 1 aromatic rings. The lowest BCUT2D eigenvalue weighted by atomic mass is 10.3. The topological polar surface area (TPSA) is 54.0 Å². The van der Waals surface area contributed by atoms with Gasteiger partial charge in [0.2, 0.25) is 0 Å². The Hall–Kier alpha value is -0.940. The van der Waals surface area contributed by atoms with Crippen LogP contribution < -0.4 is 0 Å². The molecule has 0 unspecified atom stereocenters. The van der Waals surface area contributed by atoms with Gasteiger partial charge in [-0.25, -0.2) is 4.98 Å². The van der Waals surface area contributed by atoms with Crippen LogP contribution in [0.2, 0.25) is 0 Å². The average molecular weight is 222 g/mol. The van der Waals surface area contributed by atoms with Crippen molar-refractivity contribution < 1.29 is 4.74 Å². The molecule has 2 heterocycles. The highest BCUT2D eigenvalue weighted by atomic mass is 16.5. The molecule has 1 aliphatic carbocycles. The normalized spacial score (nSPS) is 22.5. The summed E-state index contributed by atoms with van der Waals surface area (Å²) >= 11 is 0. The van der Waals surface area contributed by atoms with E-state index >= 15 is 0 Å². The van der Waals surface area contributed by atoms with E-state index in [4.69, 9.17) is 4.74 Å². The minimum atomic E-state index is 0.647. The average Bonchev–Trinajstić information content (AvgIpc) is 3.08. The molecule has 1 aromatic heterocycles. The van der Waals surface area contributed by atoms with E-state index in [0.29, 0.717) is 5.92 Å². The summed E-state index contributed by atoms with van der Waals surface area (Å²) in [6, 6.07) is 0. The predicted molar refractivity (Wildman–Crippen MR) is 59.3 cm³/mol. The van der Waals surface area contributed by atoms with E-state index in [1.807, 2.05) is 0 Å². The second-order valence-electron chi connectivity index (χ2n) is 4.62. The van der Waals surface area contributed by atoms with Crippen molar-refractivity contribution in [3.63, 3.8) is 0 Å². The predicted octanol–water partition coefficient (Wildman–Crippen LogP) is 0.557. The molecule has 1 aliphatic heterocycles. The van der Waals surface area contributed by atoms with Gasteiger partial charge in [-0.05, 0) is 12.8 Å². The summed E-state index contributed by atoms with van der Waals surface area (Å²) in [6.07, 6.45) is 3.50. The smallest absolute Gasteiger partial charge is 0.153 e. The lowest BCUT2D eigenvalue weighted by Gasteiger charge is -2.25. The lowest BCUT2D eigenvalue weighted by Crippen LogP contribution is -2.37. The van der Waals surface area contributed by atoms with Crippen molar-refractivity contribution in [2.45, 2.75) is 25.2 Å². The molecule has 0 aromatic carbocycles. The molecule has 0 amide bonds. The van der Waals surface area contributed by atoms with E-state index in [-0.39, 0.29) is 0 Å². The maximum Gasteiger partial charge on any atom is 0.153 e. The van der Waals surface area contributed by atoms with Crippen molar-refractivity contribution in [3.8, 4) is 0 Å². The summed E-state index contributed by atoms with van der Waals surface area (Å²) in [5.74, 6) is 2.71. The van der Waals surface area contributed by atoms with Gasteiger partial charge in [-0.2, -0.15) is 5.10 Å². The largest absolute Gasteiger partial charge is 0.379 e. The van der Waals surface area contributed by atoms with Crippen molar-refractivity contribution >= 4 is 0 Å². The highest BCUT2D eigenvalue weighted by Gasteiger charge is 2.27. The molecule has 1 N–H and O–H groups in total. The molecule has 16 heavy (non-hydrogen) atoms. The van der Waals surface area contributed by atoms with Gasteiger partial charge in [0.05, 0.1) is 13.2 Å². The lowest BCUT2D eigenvalue weighted by molar-refractivity contribution is 0.0382. The number of morpholine rings is 1. The van der Waals surface area contributed by atoms with Gasteiger partial charge in [-0.3, -0.25) is 10.00 Å². The van der Waals surface area contributed by atoms with Crippen molar-refractivity contribution in [2.24, 2.45) is 0 Å². The van der Waals surface area contributed by atoms with Gasteiger partial charge in [0.15, 0.2) is 5.82 Å².